The normalized spacial score (nSPS) is 18.4. The maximum absolute atomic E-state index is 11.3. The van der Waals surface area contributed by atoms with E-state index in [1.54, 1.807) is 0 Å². The molecule has 0 spiro atoms. The van der Waals surface area contributed by atoms with Crippen LogP contribution in [-0.4, -0.2) is 23.4 Å². The predicted molar refractivity (Wildman–Crippen MR) is 56.0 cm³/mol. The maximum atomic E-state index is 11.3. The number of allylic oxidation sites excluding steroid dienone is 3. The molecule has 0 aromatic rings. The third-order valence-electron chi connectivity index (χ3n) is 2.49. The Morgan fingerprint density at radius 2 is 2.29 bits per heavy atom. The van der Waals surface area contributed by atoms with E-state index in [1.807, 2.05) is 18.7 Å². The summed E-state index contributed by atoms with van der Waals surface area (Å²) in [4.78, 5) is 13.3. The SMILES string of the molecule is CC1=CCN(C(C)C(=O)NN)C(C)=C1. The Balaban J connectivity index is 2.73. The predicted octanol–water partition coefficient (Wildman–Crippen LogP) is 0.530. The Bertz CT molecular complexity index is 294. The molecule has 1 atom stereocenters. The molecular formula is C10H17N3O. The van der Waals surface area contributed by atoms with Gasteiger partial charge in [0.25, 0.3) is 5.91 Å². The highest BCUT2D eigenvalue weighted by Gasteiger charge is 2.21. The number of hydrogen-bond acceptors (Lipinski definition) is 3. The molecule has 0 aromatic heterocycles. The molecule has 0 radical (unpaired) electrons. The van der Waals surface area contributed by atoms with Crippen molar-refractivity contribution in [2.75, 3.05) is 6.54 Å². The summed E-state index contributed by atoms with van der Waals surface area (Å²) in [7, 11) is 0. The smallest absolute Gasteiger partial charge is 0.256 e. The molecule has 0 saturated heterocycles. The number of amides is 1. The van der Waals surface area contributed by atoms with Gasteiger partial charge in [-0.2, -0.15) is 0 Å². The third-order valence-corrected chi connectivity index (χ3v) is 2.49. The molecule has 0 bridgehead atoms. The quantitative estimate of drug-likeness (QED) is 0.384. The van der Waals surface area contributed by atoms with Crippen molar-refractivity contribution in [3.05, 3.63) is 23.4 Å². The summed E-state index contributed by atoms with van der Waals surface area (Å²) in [5, 5.41) is 0. The summed E-state index contributed by atoms with van der Waals surface area (Å²) in [5.74, 6) is 4.93. The van der Waals surface area contributed by atoms with E-state index in [9.17, 15) is 4.79 Å². The van der Waals surface area contributed by atoms with E-state index in [1.165, 1.54) is 5.57 Å². The van der Waals surface area contributed by atoms with Crippen LogP contribution in [0.4, 0.5) is 0 Å². The first-order valence-electron chi connectivity index (χ1n) is 4.68. The highest BCUT2D eigenvalue weighted by atomic mass is 16.2. The Labute approximate surface area is 84.4 Å². The average molecular weight is 195 g/mol. The Morgan fingerprint density at radius 1 is 1.64 bits per heavy atom. The van der Waals surface area contributed by atoms with Gasteiger partial charge in [-0.1, -0.05) is 11.6 Å². The number of nitrogens with one attached hydrogen (secondary N) is 1. The minimum Gasteiger partial charge on any atom is -0.360 e. The van der Waals surface area contributed by atoms with Gasteiger partial charge in [0.2, 0.25) is 0 Å². The monoisotopic (exact) mass is 195 g/mol. The van der Waals surface area contributed by atoms with Gasteiger partial charge in [-0.05, 0) is 26.8 Å². The standard InChI is InChI=1S/C10H17N3O/c1-7-4-5-13(8(2)6-7)9(3)10(14)12-11/h4,6,9H,5,11H2,1-3H3,(H,12,14). The van der Waals surface area contributed by atoms with Crippen molar-refractivity contribution in [3.8, 4) is 0 Å². The van der Waals surface area contributed by atoms with E-state index in [0.717, 1.165) is 12.2 Å². The van der Waals surface area contributed by atoms with Crippen molar-refractivity contribution < 1.29 is 4.79 Å². The van der Waals surface area contributed by atoms with Gasteiger partial charge < -0.3 is 4.90 Å². The van der Waals surface area contributed by atoms with Gasteiger partial charge in [-0.25, -0.2) is 5.84 Å². The zero-order valence-corrected chi connectivity index (χ0v) is 8.87. The number of hydrazine groups is 1. The highest BCUT2D eigenvalue weighted by Crippen LogP contribution is 2.16. The number of carbonyl (C=O) groups excluding carboxylic acids is 1. The molecule has 1 aliphatic heterocycles. The van der Waals surface area contributed by atoms with Crippen molar-refractivity contribution in [1.82, 2.24) is 10.3 Å². The minimum atomic E-state index is -0.222. The van der Waals surface area contributed by atoms with Crippen molar-refractivity contribution >= 4 is 5.91 Å². The zero-order chi connectivity index (χ0) is 10.7. The van der Waals surface area contributed by atoms with Crippen LogP contribution in [0.2, 0.25) is 0 Å². The lowest BCUT2D eigenvalue weighted by Gasteiger charge is -2.32. The summed E-state index contributed by atoms with van der Waals surface area (Å²) in [6.45, 7) is 6.65. The van der Waals surface area contributed by atoms with Gasteiger partial charge in [0.15, 0.2) is 0 Å². The van der Waals surface area contributed by atoms with Crippen LogP contribution in [-0.2, 0) is 4.79 Å². The molecule has 1 amide bonds. The minimum absolute atomic E-state index is 0.161. The van der Waals surface area contributed by atoms with E-state index >= 15 is 0 Å². The Kier molecular flexibility index (Phi) is 3.30. The lowest BCUT2D eigenvalue weighted by molar-refractivity contribution is -0.125. The van der Waals surface area contributed by atoms with Gasteiger partial charge in [0.1, 0.15) is 6.04 Å². The van der Waals surface area contributed by atoms with Crippen molar-refractivity contribution in [2.45, 2.75) is 26.8 Å². The molecule has 4 heteroatoms. The van der Waals surface area contributed by atoms with E-state index in [0.29, 0.717) is 0 Å². The van der Waals surface area contributed by atoms with Crippen LogP contribution in [0.15, 0.2) is 23.4 Å². The van der Waals surface area contributed by atoms with Gasteiger partial charge in [0.05, 0.1) is 0 Å². The molecular weight excluding hydrogens is 178 g/mol. The van der Waals surface area contributed by atoms with E-state index in [4.69, 9.17) is 5.84 Å². The largest absolute Gasteiger partial charge is 0.360 e. The second-order valence-electron chi connectivity index (χ2n) is 3.57. The fourth-order valence-corrected chi connectivity index (χ4v) is 1.58. The number of hydrogen-bond donors (Lipinski definition) is 2. The Morgan fingerprint density at radius 3 is 2.79 bits per heavy atom. The summed E-state index contributed by atoms with van der Waals surface area (Å²) >= 11 is 0. The number of nitrogens with two attached hydrogens (primary N) is 1. The summed E-state index contributed by atoms with van der Waals surface area (Å²) in [6.07, 6.45) is 4.15. The molecule has 0 saturated carbocycles. The lowest BCUT2D eigenvalue weighted by Crippen LogP contribution is -2.47. The molecule has 0 aromatic carbocycles. The first kappa shape index (κ1) is 10.8. The van der Waals surface area contributed by atoms with Crippen LogP contribution in [0.1, 0.15) is 20.8 Å². The summed E-state index contributed by atoms with van der Waals surface area (Å²) < 4.78 is 0. The molecule has 0 aliphatic carbocycles. The first-order valence-corrected chi connectivity index (χ1v) is 4.68. The molecule has 4 nitrogen and oxygen atoms in total. The van der Waals surface area contributed by atoms with Crippen molar-refractivity contribution in [1.29, 1.82) is 0 Å². The molecule has 1 aliphatic rings. The van der Waals surface area contributed by atoms with E-state index < -0.39 is 0 Å². The van der Waals surface area contributed by atoms with Crippen LogP contribution in [0, 0.1) is 0 Å². The van der Waals surface area contributed by atoms with Crippen LogP contribution >= 0.6 is 0 Å². The summed E-state index contributed by atoms with van der Waals surface area (Å²) in [5.41, 5.74) is 4.50. The van der Waals surface area contributed by atoms with Gasteiger partial charge in [-0.15, -0.1) is 0 Å². The van der Waals surface area contributed by atoms with Crippen molar-refractivity contribution in [2.24, 2.45) is 5.84 Å². The van der Waals surface area contributed by atoms with Crippen LogP contribution in [0.3, 0.4) is 0 Å². The van der Waals surface area contributed by atoms with Gasteiger partial charge >= 0.3 is 0 Å². The molecule has 0 fully saturated rings. The third kappa shape index (κ3) is 2.14. The molecule has 1 unspecified atom stereocenters. The molecule has 78 valence electrons. The molecule has 14 heavy (non-hydrogen) atoms. The maximum Gasteiger partial charge on any atom is 0.256 e. The first-order chi connectivity index (χ1) is 6.56. The fraction of sp³-hybridized carbons (Fsp3) is 0.500. The summed E-state index contributed by atoms with van der Waals surface area (Å²) in [6, 6.07) is -0.222. The molecule has 1 rings (SSSR count). The highest BCUT2D eigenvalue weighted by molar-refractivity contribution is 5.81. The van der Waals surface area contributed by atoms with Crippen molar-refractivity contribution in [3.63, 3.8) is 0 Å². The Hall–Kier alpha value is -1.29. The van der Waals surface area contributed by atoms with Crippen LogP contribution in [0.5, 0.6) is 0 Å². The van der Waals surface area contributed by atoms with E-state index in [-0.39, 0.29) is 11.9 Å². The number of carbonyl (C=O) groups is 1. The van der Waals surface area contributed by atoms with Gasteiger partial charge in [-0.3, -0.25) is 10.2 Å². The average Bonchev–Trinajstić information content (AvgIpc) is 2.15. The van der Waals surface area contributed by atoms with E-state index in [2.05, 4.69) is 24.5 Å². The second kappa shape index (κ2) is 4.28. The number of rotatable bonds is 2. The fourth-order valence-electron chi connectivity index (χ4n) is 1.58. The van der Waals surface area contributed by atoms with Crippen LogP contribution < -0.4 is 11.3 Å². The van der Waals surface area contributed by atoms with Gasteiger partial charge in [0, 0.05) is 12.2 Å². The lowest BCUT2D eigenvalue weighted by atomic mass is 10.1. The topological polar surface area (TPSA) is 58.4 Å². The zero-order valence-electron chi connectivity index (χ0n) is 8.87. The number of nitrogens with zero attached hydrogens (tertiary/aromatic N) is 1. The van der Waals surface area contributed by atoms with Crippen LogP contribution in [0.25, 0.3) is 0 Å². The second-order valence-corrected chi connectivity index (χ2v) is 3.57. The molecule has 1 heterocycles. The molecule has 3 N–H and O–H groups in total.